The van der Waals surface area contributed by atoms with Crippen molar-refractivity contribution in [3.8, 4) is 5.75 Å². The van der Waals surface area contributed by atoms with Crippen molar-refractivity contribution in [2.24, 2.45) is 5.92 Å². The van der Waals surface area contributed by atoms with Gasteiger partial charge in [0, 0.05) is 12.6 Å². The summed E-state index contributed by atoms with van der Waals surface area (Å²) in [6, 6.07) is 8.78. The van der Waals surface area contributed by atoms with E-state index in [2.05, 4.69) is 36.3 Å². The third-order valence-electron chi connectivity index (χ3n) is 3.96. The van der Waals surface area contributed by atoms with E-state index in [-0.39, 0.29) is 0 Å². The molecule has 0 radical (unpaired) electrons. The summed E-state index contributed by atoms with van der Waals surface area (Å²) in [5, 5.41) is 3.66. The zero-order chi connectivity index (χ0) is 13.7. The Bertz CT molecular complexity index is 394. The van der Waals surface area contributed by atoms with Crippen LogP contribution in [0.1, 0.15) is 18.9 Å². The first-order chi connectivity index (χ1) is 9.19. The molecule has 0 aliphatic carbocycles. The zero-order valence-corrected chi connectivity index (χ0v) is 12.4. The number of hydrogen-bond donors (Lipinski definition) is 1. The minimum Gasteiger partial charge on any atom is -0.496 e. The molecular weight excluding hydrogens is 236 g/mol. The highest BCUT2D eigenvalue weighted by molar-refractivity contribution is 5.33. The minimum absolute atomic E-state index is 0.488. The Kier molecular flexibility index (Phi) is 5.23. The normalized spacial score (nSPS) is 21.5. The van der Waals surface area contributed by atoms with Crippen LogP contribution in [0.5, 0.6) is 5.75 Å². The summed E-state index contributed by atoms with van der Waals surface area (Å²) in [6.07, 6.45) is 2.34. The molecule has 0 bridgehead atoms. The summed E-state index contributed by atoms with van der Waals surface area (Å²) in [7, 11) is 3.95. The molecule has 1 saturated heterocycles. The van der Waals surface area contributed by atoms with Crippen molar-refractivity contribution in [3.63, 3.8) is 0 Å². The molecule has 1 fully saturated rings. The second kappa shape index (κ2) is 6.92. The fourth-order valence-corrected chi connectivity index (χ4v) is 2.83. The van der Waals surface area contributed by atoms with Crippen molar-refractivity contribution < 1.29 is 4.74 Å². The maximum absolute atomic E-state index is 5.40. The summed E-state index contributed by atoms with van der Waals surface area (Å²) in [6.45, 7) is 5.85. The summed E-state index contributed by atoms with van der Waals surface area (Å²) in [5.41, 5.74) is 1.29. The van der Waals surface area contributed by atoms with Crippen molar-refractivity contribution in [3.05, 3.63) is 29.8 Å². The maximum atomic E-state index is 5.40. The van der Waals surface area contributed by atoms with Gasteiger partial charge in [-0.05, 0) is 57.5 Å². The van der Waals surface area contributed by atoms with E-state index in [1.54, 1.807) is 7.11 Å². The molecule has 1 aromatic carbocycles. The van der Waals surface area contributed by atoms with E-state index in [0.717, 1.165) is 24.6 Å². The molecule has 106 valence electrons. The molecule has 2 unspecified atom stereocenters. The fraction of sp³-hybridized carbons (Fsp3) is 0.625. The number of benzene rings is 1. The predicted octanol–water partition coefficient (Wildman–Crippen LogP) is 2.17. The first kappa shape index (κ1) is 14.4. The molecule has 0 aromatic heterocycles. The Morgan fingerprint density at radius 1 is 1.42 bits per heavy atom. The van der Waals surface area contributed by atoms with Crippen LogP contribution >= 0.6 is 0 Å². The number of nitrogens with one attached hydrogen (secondary N) is 1. The van der Waals surface area contributed by atoms with Gasteiger partial charge in [0.25, 0.3) is 0 Å². The fourth-order valence-electron chi connectivity index (χ4n) is 2.83. The van der Waals surface area contributed by atoms with Gasteiger partial charge in [-0.15, -0.1) is 0 Å². The molecule has 2 atom stereocenters. The van der Waals surface area contributed by atoms with E-state index in [0.29, 0.717) is 6.04 Å². The lowest BCUT2D eigenvalue weighted by atomic mass is 10.0. The van der Waals surface area contributed by atoms with Crippen molar-refractivity contribution in [2.45, 2.75) is 25.8 Å². The lowest BCUT2D eigenvalue weighted by molar-refractivity contribution is 0.378. The topological polar surface area (TPSA) is 24.5 Å². The number of methoxy groups -OCH3 is 1. The molecule has 0 amide bonds. The van der Waals surface area contributed by atoms with Crippen LogP contribution in [0.15, 0.2) is 24.3 Å². The highest BCUT2D eigenvalue weighted by Crippen LogP contribution is 2.19. The molecule has 1 N–H and O–H groups in total. The molecule has 0 saturated carbocycles. The molecule has 1 heterocycles. The summed E-state index contributed by atoms with van der Waals surface area (Å²) < 4.78 is 5.40. The van der Waals surface area contributed by atoms with Gasteiger partial charge < -0.3 is 15.0 Å². The van der Waals surface area contributed by atoms with E-state index in [1.807, 2.05) is 12.1 Å². The summed E-state index contributed by atoms with van der Waals surface area (Å²) in [5.74, 6) is 1.81. The van der Waals surface area contributed by atoms with Crippen molar-refractivity contribution in [1.82, 2.24) is 10.2 Å². The van der Waals surface area contributed by atoms with Gasteiger partial charge >= 0.3 is 0 Å². The standard InChI is InChI=1S/C16H26N2O/c1-13(17-11-14-8-9-18(2)12-14)10-15-6-4-5-7-16(15)19-3/h4-7,13-14,17H,8-12H2,1-3H3. The van der Waals surface area contributed by atoms with Crippen LogP contribution in [-0.4, -0.2) is 44.7 Å². The van der Waals surface area contributed by atoms with Gasteiger partial charge in [-0.1, -0.05) is 18.2 Å². The van der Waals surface area contributed by atoms with E-state index in [1.165, 1.54) is 25.1 Å². The second-order valence-corrected chi connectivity index (χ2v) is 5.74. The Hall–Kier alpha value is -1.06. The molecular formula is C16H26N2O. The van der Waals surface area contributed by atoms with Crippen molar-refractivity contribution in [2.75, 3.05) is 33.8 Å². The van der Waals surface area contributed by atoms with Gasteiger partial charge in [0.1, 0.15) is 5.75 Å². The van der Waals surface area contributed by atoms with Gasteiger partial charge in [-0.25, -0.2) is 0 Å². The summed E-state index contributed by atoms with van der Waals surface area (Å²) >= 11 is 0. The minimum atomic E-state index is 0.488. The van der Waals surface area contributed by atoms with Crippen LogP contribution in [0, 0.1) is 5.92 Å². The van der Waals surface area contributed by atoms with Crippen LogP contribution in [0.25, 0.3) is 0 Å². The molecule has 3 heteroatoms. The van der Waals surface area contributed by atoms with E-state index in [4.69, 9.17) is 4.74 Å². The van der Waals surface area contributed by atoms with Crippen molar-refractivity contribution >= 4 is 0 Å². The van der Waals surface area contributed by atoms with Gasteiger partial charge in [-0.3, -0.25) is 0 Å². The average Bonchev–Trinajstić information content (AvgIpc) is 2.83. The van der Waals surface area contributed by atoms with Crippen LogP contribution < -0.4 is 10.1 Å². The Balaban J connectivity index is 1.79. The average molecular weight is 262 g/mol. The quantitative estimate of drug-likeness (QED) is 0.850. The SMILES string of the molecule is COc1ccccc1CC(C)NCC1CCN(C)C1. The number of rotatable bonds is 6. The number of nitrogens with zero attached hydrogens (tertiary/aromatic N) is 1. The molecule has 1 aromatic rings. The van der Waals surface area contributed by atoms with Crippen molar-refractivity contribution in [1.29, 1.82) is 0 Å². The van der Waals surface area contributed by atoms with Gasteiger partial charge in [0.05, 0.1) is 7.11 Å². The Morgan fingerprint density at radius 2 is 2.21 bits per heavy atom. The lowest BCUT2D eigenvalue weighted by Gasteiger charge is -2.18. The van der Waals surface area contributed by atoms with Gasteiger partial charge in [0.15, 0.2) is 0 Å². The highest BCUT2D eigenvalue weighted by atomic mass is 16.5. The number of ether oxygens (including phenoxy) is 1. The molecule has 2 rings (SSSR count). The zero-order valence-electron chi connectivity index (χ0n) is 12.4. The smallest absolute Gasteiger partial charge is 0.122 e. The second-order valence-electron chi connectivity index (χ2n) is 5.74. The lowest BCUT2D eigenvalue weighted by Crippen LogP contribution is -2.33. The predicted molar refractivity (Wildman–Crippen MR) is 79.8 cm³/mol. The van der Waals surface area contributed by atoms with Crippen LogP contribution in [0.3, 0.4) is 0 Å². The molecule has 1 aliphatic rings. The van der Waals surface area contributed by atoms with Crippen LogP contribution in [0.2, 0.25) is 0 Å². The third kappa shape index (κ3) is 4.22. The Labute approximate surface area is 116 Å². The van der Waals surface area contributed by atoms with Gasteiger partial charge in [0.2, 0.25) is 0 Å². The largest absolute Gasteiger partial charge is 0.496 e. The highest BCUT2D eigenvalue weighted by Gasteiger charge is 2.19. The molecule has 0 spiro atoms. The van der Waals surface area contributed by atoms with Crippen LogP contribution in [0.4, 0.5) is 0 Å². The maximum Gasteiger partial charge on any atom is 0.122 e. The number of likely N-dealkylation sites (tertiary alicyclic amines) is 1. The van der Waals surface area contributed by atoms with E-state index < -0.39 is 0 Å². The monoisotopic (exact) mass is 262 g/mol. The first-order valence-electron chi connectivity index (χ1n) is 7.23. The van der Waals surface area contributed by atoms with Gasteiger partial charge in [-0.2, -0.15) is 0 Å². The molecule has 19 heavy (non-hydrogen) atoms. The summed E-state index contributed by atoms with van der Waals surface area (Å²) in [4.78, 5) is 2.41. The Morgan fingerprint density at radius 3 is 2.89 bits per heavy atom. The first-order valence-corrected chi connectivity index (χ1v) is 7.23. The number of para-hydroxylation sites is 1. The third-order valence-corrected chi connectivity index (χ3v) is 3.96. The van der Waals surface area contributed by atoms with E-state index in [9.17, 15) is 0 Å². The molecule has 3 nitrogen and oxygen atoms in total. The molecule has 1 aliphatic heterocycles. The van der Waals surface area contributed by atoms with Crippen LogP contribution in [-0.2, 0) is 6.42 Å². The number of hydrogen-bond acceptors (Lipinski definition) is 3. The van der Waals surface area contributed by atoms with E-state index >= 15 is 0 Å².